The van der Waals surface area contributed by atoms with Gasteiger partial charge in [-0.3, -0.25) is 9.69 Å². The zero-order chi connectivity index (χ0) is 18.3. The quantitative estimate of drug-likeness (QED) is 0.700. The Hall–Kier alpha value is -1.70. The van der Waals surface area contributed by atoms with Crippen LogP contribution in [0.2, 0.25) is 0 Å². The first kappa shape index (κ1) is 17.7. The van der Waals surface area contributed by atoms with Crippen molar-refractivity contribution in [2.24, 2.45) is 0 Å². The normalized spacial score (nSPS) is 21.7. The molecule has 0 radical (unpaired) electrons. The first-order chi connectivity index (χ1) is 12.6. The second-order valence-electron chi connectivity index (χ2n) is 5.87. The number of nitrogens with zero attached hydrogens (tertiary/aromatic N) is 1. The van der Waals surface area contributed by atoms with Crippen molar-refractivity contribution in [2.75, 3.05) is 5.75 Å². The van der Waals surface area contributed by atoms with Gasteiger partial charge in [0.05, 0.1) is 0 Å². The molecule has 1 saturated heterocycles. The summed E-state index contributed by atoms with van der Waals surface area (Å²) in [4.78, 5) is 26.1. The molecule has 7 heteroatoms. The Balaban J connectivity index is 1.52. The van der Waals surface area contributed by atoms with Crippen molar-refractivity contribution >= 4 is 51.3 Å². The third-order valence-corrected chi connectivity index (χ3v) is 7.56. The summed E-state index contributed by atoms with van der Waals surface area (Å²) >= 11 is 6.72. The molecule has 0 aromatic heterocycles. The molecule has 0 saturated carbocycles. The molecule has 1 unspecified atom stereocenters. The molecule has 2 aromatic rings. The van der Waals surface area contributed by atoms with Crippen LogP contribution in [-0.4, -0.2) is 38.3 Å². The second-order valence-corrected chi connectivity index (χ2v) is 9.09. The molecule has 0 bridgehead atoms. The van der Waals surface area contributed by atoms with E-state index in [1.165, 1.54) is 16.7 Å². The fraction of sp³-hybridized carbons (Fsp3) is 0.158. The Morgan fingerprint density at radius 1 is 1.23 bits per heavy atom. The number of rotatable bonds is 4. The van der Waals surface area contributed by atoms with Gasteiger partial charge in [0.15, 0.2) is 0 Å². The summed E-state index contributed by atoms with van der Waals surface area (Å²) in [5, 5.41) is 8.88. The minimum absolute atomic E-state index is 0.108. The van der Waals surface area contributed by atoms with E-state index in [0.29, 0.717) is 5.75 Å². The first-order valence-corrected chi connectivity index (χ1v) is 10.7. The van der Waals surface area contributed by atoms with E-state index >= 15 is 0 Å². The number of amides is 1. The molecule has 2 aliphatic rings. The summed E-state index contributed by atoms with van der Waals surface area (Å²) in [7, 11) is 0. The third kappa shape index (κ3) is 3.08. The van der Waals surface area contributed by atoms with Gasteiger partial charge in [0, 0.05) is 15.1 Å². The number of β-lactam (4-membered cyclic amide) rings is 1. The van der Waals surface area contributed by atoms with Gasteiger partial charge in [-0.1, -0.05) is 52.3 Å². The molecule has 132 valence electrons. The van der Waals surface area contributed by atoms with Gasteiger partial charge >= 0.3 is 5.97 Å². The predicted molar refractivity (Wildman–Crippen MR) is 108 cm³/mol. The van der Waals surface area contributed by atoms with Crippen LogP contribution in [0.3, 0.4) is 0 Å². The number of carbonyl (C=O) groups excluding carboxylic acids is 1. The van der Waals surface area contributed by atoms with E-state index in [9.17, 15) is 14.7 Å². The maximum absolute atomic E-state index is 12.5. The lowest BCUT2D eigenvalue weighted by Gasteiger charge is -2.47. The minimum atomic E-state index is -1.04. The molecule has 2 heterocycles. The topological polar surface area (TPSA) is 57.6 Å². The van der Waals surface area contributed by atoms with Crippen molar-refractivity contribution in [2.45, 2.75) is 15.5 Å². The Bertz CT molecular complexity index is 916. The molecular formula is C19H14BrNO3S2. The third-order valence-electron chi connectivity index (χ3n) is 4.31. The highest BCUT2D eigenvalue weighted by Crippen LogP contribution is 2.46. The summed E-state index contributed by atoms with van der Waals surface area (Å²) in [6, 6.07) is 16.2. The summed E-state index contributed by atoms with van der Waals surface area (Å²) < 4.78 is 0.972. The van der Waals surface area contributed by atoms with Crippen LogP contribution in [-0.2, 0) is 9.59 Å². The predicted octanol–water partition coefficient (Wildman–Crippen LogP) is 4.46. The average molecular weight is 448 g/mol. The lowest BCUT2D eigenvalue weighted by Crippen LogP contribution is -2.62. The fourth-order valence-corrected chi connectivity index (χ4v) is 6.39. The lowest BCUT2D eigenvalue weighted by molar-refractivity contribution is -0.145. The minimum Gasteiger partial charge on any atom is -0.477 e. The van der Waals surface area contributed by atoms with Gasteiger partial charge in [0.25, 0.3) is 0 Å². The molecule has 0 aliphatic carbocycles. The van der Waals surface area contributed by atoms with Crippen LogP contribution >= 0.6 is 39.5 Å². The summed E-state index contributed by atoms with van der Waals surface area (Å²) in [6.45, 7) is 0. The van der Waals surface area contributed by atoms with E-state index in [4.69, 9.17) is 0 Å². The Labute approximate surface area is 167 Å². The van der Waals surface area contributed by atoms with Crippen LogP contribution in [0.5, 0.6) is 0 Å². The van der Waals surface area contributed by atoms with E-state index in [0.717, 1.165) is 20.5 Å². The van der Waals surface area contributed by atoms with Gasteiger partial charge in [0.1, 0.15) is 16.3 Å². The van der Waals surface area contributed by atoms with Crippen molar-refractivity contribution in [3.63, 3.8) is 0 Å². The highest BCUT2D eigenvalue weighted by molar-refractivity contribution is 9.10. The molecule has 2 aliphatic heterocycles. The van der Waals surface area contributed by atoms with Crippen LogP contribution < -0.4 is 0 Å². The van der Waals surface area contributed by atoms with Gasteiger partial charge < -0.3 is 5.11 Å². The maximum Gasteiger partial charge on any atom is 0.352 e. The smallest absolute Gasteiger partial charge is 0.352 e. The highest BCUT2D eigenvalue weighted by Gasteiger charge is 2.52. The molecule has 2 atom stereocenters. The molecule has 26 heavy (non-hydrogen) atoms. The van der Waals surface area contributed by atoms with Crippen molar-refractivity contribution < 1.29 is 14.7 Å². The van der Waals surface area contributed by atoms with Crippen LogP contribution in [0, 0.1) is 0 Å². The van der Waals surface area contributed by atoms with Crippen molar-refractivity contribution in [1.29, 1.82) is 0 Å². The van der Waals surface area contributed by atoms with Gasteiger partial charge in [-0.05, 0) is 29.3 Å². The lowest BCUT2D eigenvalue weighted by atomic mass is 10.1. The van der Waals surface area contributed by atoms with E-state index in [2.05, 4.69) is 28.1 Å². The fourth-order valence-electron chi connectivity index (χ4n) is 3.05. The molecule has 0 spiro atoms. The number of hydrogen-bond acceptors (Lipinski definition) is 4. The zero-order valence-corrected chi connectivity index (χ0v) is 16.7. The van der Waals surface area contributed by atoms with Gasteiger partial charge in [-0.25, -0.2) is 4.79 Å². The number of halogens is 1. The Kier molecular flexibility index (Phi) is 4.86. The molecule has 4 rings (SSSR count). The molecule has 4 nitrogen and oxygen atoms in total. The second kappa shape index (κ2) is 7.13. The zero-order valence-electron chi connectivity index (χ0n) is 13.5. The van der Waals surface area contributed by atoms with Crippen LogP contribution in [0.1, 0.15) is 0 Å². The number of aliphatic carboxylic acids is 1. The Morgan fingerprint density at radius 3 is 2.69 bits per heavy atom. The molecule has 2 aromatic carbocycles. The van der Waals surface area contributed by atoms with E-state index < -0.39 is 5.97 Å². The first-order valence-electron chi connectivity index (χ1n) is 7.96. The van der Waals surface area contributed by atoms with Crippen LogP contribution in [0.15, 0.2) is 69.7 Å². The van der Waals surface area contributed by atoms with Crippen LogP contribution in [0.4, 0.5) is 0 Å². The largest absolute Gasteiger partial charge is 0.477 e. The van der Waals surface area contributed by atoms with E-state index in [1.54, 1.807) is 17.8 Å². The Morgan fingerprint density at radius 2 is 2.00 bits per heavy atom. The number of hydrogen-bond donors (Lipinski definition) is 1. The number of carbonyl (C=O) groups is 2. The van der Waals surface area contributed by atoms with Gasteiger partial charge in [-0.15, -0.1) is 23.5 Å². The summed E-state index contributed by atoms with van der Waals surface area (Å²) in [5.41, 5.74) is 2.33. The number of thioether (sulfide) groups is 2. The molecule has 1 amide bonds. The van der Waals surface area contributed by atoms with Crippen molar-refractivity contribution in [3.8, 4) is 11.1 Å². The van der Waals surface area contributed by atoms with E-state index in [1.807, 2.05) is 36.4 Å². The SMILES string of the molecule is O=C(O)C1=CCS[C@H]2C(Sc3ccc(-c4ccccc4)c(Br)c3)C(=O)N12. The summed E-state index contributed by atoms with van der Waals surface area (Å²) in [5.74, 6) is -0.560. The van der Waals surface area contributed by atoms with Crippen molar-refractivity contribution in [3.05, 3.63) is 64.8 Å². The van der Waals surface area contributed by atoms with Gasteiger partial charge in [-0.2, -0.15) is 0 Å². The number of fused-ring (bicyclic) bond motifs is 1. The monoisotopic (exact) mass is 447 g/mol. The number of carboxylic acid groups (broad SMARTS) is 1. The van der Waals surface area contributed by atoms with Crippen molar-refractivity contribution in [1.82, 2.24) is 4.90 Å². The molecular weight excluding hydrogens is 434 g/mol. The van der Waals surface area contributed by atoms with Crippen LogP contribution in [0.25, 0.3) is 11.1 Å². The average Bonchev–Trinajstić information content (AvgIpc) is 2.66. The standard InChI is InChI=1S/C19H14BrNO3S2/c20-14-10-12(6-7-13(14)11-4-2-1-3-5-11)26-16-17(22)21-15(19(23)24)8-9-25-18(16)21/h1-8,10,16,18H,9H2,(H,23,24)/t16?,18-/m0/s1. The maximum atomic E-state index is 12.5. The molecule has 1 fully saturated rings. The van der Waals surface area contributed by atoms with Gasteiger partial charge in [0.2, 0.25) is 5.91 Å². The highest BCUT2D eigenvalue weighted by atomic mass is 79.9. The summed E-state index contributed by atoms with van der Waals surface area (Å²) in [6.07, 6.45) is 1.60. The van der Waals surface area contributed by atoms with E-state index in [-0.39, 0.29) is 22.2 Å². The number of benzene rings is 2. The molecule has 1 N–H and O–H groups in total. The number of carboxylic acids is 1.